The van der Waals surface area contributed by atoms with Crippen LogP contribution >= 0.6 is 0 Å². The molecule has 9 rings (SSSR count). The molecule has 0 bridgehead atoms. The quantitative estimate of drug-likeness (QED) is 0.231. The Morgan fingerprint density at radius 1 is 0.500 bits per heavy atom. The summed E-state index contributed by atoms with van der Waals surface area (Å²) >= 11 is 0. The number of hydrogen-bond acceptors (Lipinski definition) is 4. The number of aliphatic imine (C=N–C) groups is 2. The molecule has 1 N–H and O–H groups in total. The minimum absolute atomic E-state index is 0.370. The van der Waals surface area contributed by atoms with E-state index in [1.807, 2.05) is 48.5 Å². The van der Waals surface area contributed by atoms with Gasteiger partial charge in [-0.05, 0) is 42.0 Å². The van der Waals surface area contributed by atoms with E-state index in [9.17, 15) is 0 Å². The summed E-state index contributed by atoms with van der Waals surface area (Å²) in [4.78, 5) is 10.1. The highest BCUT2D eigenvalue weighted by atomic mass is 16.3. The summed E-state index contributed by atoms with van der Waals surface area (Å²) in [7, 11) is 0. The summed E-state index contributed by atoms with van der Waals surface area (Å²) in [5, 5.41) is 8.08. The molecule has 6 aromatic carbocycles. The van der Waals surface area contributed by atoms with E-state index < -0.39 is 0 Å². The minimum Gasteiger partial charge on any atom is -0.456 e. The van der Waals surface area contributed by atoms with Crippen LogP contribution in [-0.4, -0.2) is 16.2 Å². The first-order valence-corrected chi connectivity index (χ1v) is 14.8. The van der Waals surface area contributed by atoms with Gasteiger partial charge in [-0.2, -0.15) is 0 Å². The minimum atomic E-state index is -0.370. The molecule has 0 unspecified atom stereocenters. The first-order chi connectivity index (χ1) is 21.8. The number of hydrogen-bond donors (Lipinski definition) is 1. The summed E-state index contributed by atoms with van der Waals surface area (Å²) < 4.78 is 8.59. The number of amidine groups is 2. The molecule has 44 heavy (non-hydrogen) atoms. The van der Waals surface area contributed by atoms with E-state index in [-0.39, 0.29) is 6.17 Å². The fourth-order valence-corrected chi connectivity index (χ4v) is 6.35. The van der Waals surface area contributed by atoms with E-state index in [2.05, 4.69) is 107 Å². The third kappa shape index (κ3) is 3.94. The number of aromatic nitrogens is 1. The second kappa shape index (κ2) is 9.82. The maximum absolute atomic E-state index is 6.25. The first kappa shape index (κ1) is 24.6. The lowest BCUT2D eigenvalue weighted by Crippen LogP contribution is -2.35. The van der Waals surface area contributed by atoms with Gasteiger partial charge in [0.25, 0.3) is 0 Å². The molecule has 0 fully saturated rings. The molecule has 0 radical (unpaired) electrons. The van der Waals surface area contributed by atoms with E-state index >= 15 is 0 Å². The standard InChI is InChI=1S/C39H26N4O/c1-3-11-25(12-4-1)37-40-38(26-13-5-2-6-14-26)42-39(41-37)27-19-21-28(22-20-27)43-33-17-9-7-15-29(33)31-24-36-32(23-34(31)43)30-16-8-10-18-35(30)44-36/h1-24,39H,(H,40,41,42). The van der Waals surface area contributed by atoms with E-state index in [1.54, 1.807) is 0 Å². The van der Waals surface area contributed by atoms with Crippen LogP contribution in [0.25, 0.3) is 49.4 Å². The summed E-state index contributed by atoms with van der Waals surface area (Å²) in [5.74, 6) is 1.62. The van der Waals surface area contributed by atoms with Crippen molar-refractivity contribution in [3.8, 4) is 5.69 Å². The van der Waals surface area contributed by atoms with Crippen molar-refractivity contribution in [3.63, 3.8) is 0 Å². The van der Waals surface area contributed by atoms with Gasteiger partial charge in [0.2, 0.25) is 0 Å². The van der Waals surface area contributed by atoms with E-state index in [0.29, 0.717) is 0 Å². The maximum Gasteiger partial charge on any atom is 0.169 e. The van der Waals surface area contributed by atoms with E-state index in [1.165, 1.54) is 10.8 Å². The highest BCUT2D eigenvalue weighted by Crippen LogP contribution is 2.38. The molecule has 0 atom stereocenters. The van der Waals surface area contributed by atoms with Crippen molar-refractivity contribution in [2.75, 3.05) is 0 Å². The van der Waals surface area contributed by atoms with E-state index in [0.717, 1.165) is 67.0 Å². The third-order valence-electron chi connectivity index (χ3n) is 8.45. The van der Waals surface area contributed by atoms with Gasteiger partial charge in [-0.15, -0.1) is 0 Å². The maximum atomic E-state index is 6.25. The predicted octanol–water partition coefficient (Wildman–Crippen LogP) is 9.18. The van der Waals surface area contributed by atoms with Crippen molar-refractivity contribution in [2.24, 2.45) is 9.98 Å². The largest absolute Gasteiger partial charge is 0.456 e. The lowest BCUT2D eigenvalue weighted by Gasteiger charge is -2.22. The van der Waals surface area contributed by atoms with Gasteiger partial charge in [0.15, 0.2) is 6.17 Å². The van der Waals surface area contributed by atoms with Crippen LogP contribution in [-0.2, 0) is 0 Å². The lowest BCUT2D eigenvalue weighted by atomic mass is 10.1. The smallest absolute Gasteiger partial charge is 0.169 e. The number of rotatable bonds is 4. The summed E-state index contributed by atoms with van der Waals surface area (Å²) in [5.41, 5.74) is 8.28. The van der Waals surface area contributed by atoms with Crippen molar-refractivity contribution in [3.05, 3.63) is 162 Å². The highest BCUT2D eigenvalue weighted by Gasteiger charge is 2.21. The van der Waals surface area contributed by atoms with Crippen molar-refractivity contribution in [1.29, 1.82) is 0 Å². The lowest BCUT2D eigenvalue weighted by molar-refractivity contribution is 0.669. The fraction of sp³-hybridized carbons (Fsp3) is 0.0256. The van der Waals surface area contributed by atoms with Crippen LogP contribution in [0.3, 0.4) is 0 Å². The molecular weight excluding hydrogens is 540 g/mol. The second-order valence-corrected chi connectivity index (χ2v) is 11.1. The molecule has 2 aromatic heterocycles. The van der Waals surface area contributed by atoms with Crippen LogP contribution < -0.4 is 5.32 Å². The topological polar surface area (TPSA) is 54.8 Å². The monoisotopic (exact) mass is 566 g/mol. The molecule has 5 heteroatoms. The van der Waals surface area contributed by atoms with Crippen LogP contribution in [0.15, 0.2) is 160 Å². The number of nitrogens with one attached hydrogen (secondary N) is 1. The van der Waals surface area contributed by atoms with Crippen LogP contribution in [0.1, 0.15) is 22.9 Å². The zero-order valence-corrected chi connectivity index (χ0v) is 23.7. The Bertz CT molecular complexity index is 2340. The Labute approximate surface area is 253 Å². The van der Waals surface area contributed by atoms with Crippen LogP contribution in [0, 0.1) is 0 Å². The van der Waals surface area contributed by atoms with Crippen LogP contribution in [0.4, 0.5) is 0 Å². The third-order valence-corrected chi connectivity index (χ3v) is 8.45. The molecule has 0 saturated carbocycles. The molecular formula is C39H26N4O. The summed E-state index contributed by atoms with van der Waals surface area (Å²) in [6.07, 6.45) is -0.370. The van der Waals surface area contributed by atoms with Gasteiger partial charge in [-0.1, -0.05) is 109 Å². The summed E-state index contributed by atoms with van der Waals surface area (Å²) in [6, 6.07) is 50.4. The van der Waals surface area contributed by atoms with Gasteiger partial charge < -0.3 is 14.3 Å². The molecule has 0 saturated heterocycles. The Morgan fingerprint density at radius 3 is 1.82 bits per heavy atom. The molecule has 3 heterocycles. The Kier molecular flexibility index (Phi) is 5.50. The van der Waals surface area contributed by atoms with Crippen molar-refractivity contribution in [1.82, 2.24) is 9.88 Å². The zero-order chi connectivity index (χ0) is 29.0. The average Bonchev–Trinajstić information content (AvgIpc) is 3.63. The van der Waals surface area contributed by atoms with Gasteiger partial charge >= 0.3 is 0 Å². The van der Waals surface area contributed by atoms with Crippen molar-refractivity contribution < 1.29 is 4.42 Å². The van der Waals surface area contributed by atoms with E-state index in [4.69, 9.17) is 14.4 Å². The Balaban J connectivity index is 1.18. The molecule has 1 aliphatic rings. The highest BCUT2D eigenvalue weighted by molar-refractivity contribution is 6.17. The molecule has 0 spiro atoms. The molecule has 0 amide bonds. The van der Waals surface area contributed by atoms with Gasteiger partial charge in [-0.25, -0.2) is 9.98 Å². The van der Waals surface area contributed by atoms with Gasteiger partial charge in [-0.3, -0.25) is 0 Å². The number of fused-ring (bicyclic) bond motifs is 6. The molecule has 5 nitrogen and oxygen atoms in total. The molecule has 0 aliphatic carbocycles. The molecule has 8 aromatic rings. The second-order valence-electron chi connectivity index (χ2n) is 11.1. The fourth-order valence-electron chi connectivity index (χ4n) is 6.35. The Hall–Kier alpha value is -5.94. The zero-order valence-electron chi connectivity index (χ0n) is 23.7. The number of furan rings is 1. The number of para-hydroxylation sites is 2. The average molecular weight is 567 g/mol. The van der Waals surface area contributed by atoms with Gasteiger partial charge in [0, 0.05) is 38.4 Å². The van der Waals surface area contributed by atoms with Crippen LogP contribution in [0.2, 0.25) is 0 Å². The summed E-state index contributed by atoms with van der Waals surface area (Å²) in [6.45, 7) is 0. The van der Waals surface area contributed by atoms with Crippen LogP contribution in [0.5, 0.6) is 0 Å². The number of nitrogens with zero attached hydrogens (tertiary/aromatic N) is 3. The Morgan fingerprint density at radius 2 is 1.11 bits per heavy atom. The van der Waals surface area contributed by atoms with Crippen molar-refractivity contribution in [2.45, 2.75) is 6.17 Å². The predicted molar refractivity (Wildman–Crippen MR) is 180 cm³/mol. The normalized spacial score (nSPS) is 13.8. The van der Waals surface area contributed by atoms with Crippen molar-refractivity contribution >= 4 is 55.4 Å². The van der Waals surface area contributed by atoms with Gasteiger partial charge in [0.05, 0.1) is 11.0 Å². The van der Waals surface area contributed by atoms with Gasteiger partial charge in [0.1, 0.15) is 22.8 Å². The molecule has 1 aliphatic heterocycles. The number of benzene rings is 6. The molecule has 208 valence electrons. The SMILES string of the molecule is c1ccc(C2=NC(c3ccc(-n4c5ccccc5c5cc6oc7ccccc7c6cc54)cc3)N=C(c3ccccc3)N2)cc1. The first-order valence-electron chi connectivity index (χ1n) is 14.8.